The fourth-order valence-electron chi connectivity index (χ4n) is 2.13. The van der Waals surface area contributed by atoms with Gasteiger partial charge in [0.25, 0.3) is 0 Å². The summed E-state index contributed by atoms with van der Waals surface area (Å²) >= 11 is 0. The van der Waals surface area contributed by atoms with Crippen molar-refractivity contribution in [3.8, 4) is 0 Å². The highest BCUT2D eigenvalue weighted by Crippen LogP contribution is 2.02. The van der Waals surface area contributed by atoms with Gasteiger partial charge in [-0.1, -0.05) is 37.3 Å². The van der Waals surface area contributed by atoms with Crippen molar-refractivity contribution >= 4 is 29.9 Å². The summed E-state index contributed by atoms with van der Waals surface area (Å²) in [6.45, 7) is 4.85. The van der Waals surface area contributed by atoms with Crippen molar-refractivity contribution in [1.82, 2.24) is 25.4 Å². The van der Waals surface area contributed by atoms with Crippen LogP contribution in [0.25, 0.3) is 0 Å². The SMILES string of the molecule is CN=C(NCc1nncn1C)NCC(C)COCc1ccccc1.I. The molecule has 1 aromatic carbocycles. The minimum Gasteiger partial charge on any atom is -0.376 e. The molecule has 2 N–H and O–H groups in total. The van der Waals surface area contributed by atoms with Crippen LogP contribution in [0.4, 0.5) is 0 Å². The van der Waals surface area contributed by atoms with Gasteiger partial charge in [0.05, 0.1) is 19.8 Å². The monoisotopic (exact) mass is 458 g/mol. The summed E-state index contributed by atoms with van der Waals surface area (Å²) < 4.78 is 7.64. The Morgan fingerprint density at radius 3 is 2.68 bits per heavy atom. The second-order valence-corrected chi connectivity index (χ2v) is 5.77. The standard InChI is InChI=1S/C17H26N6O.HI/c1-14(11-24-12-15-7-5-4-6-8-15)9-19-17(18-2)20-10-16-22-21-13-23(16)3;/h4-8,13-14H,9-12H2,1-3H3,(H2,18,19,20);1H. The molecule has 7 nitrogen and oxygen atoms in total. The van der Waals surface area contributed by atoms with E-state index in [0.29, 0.717) is 25.7 Å². The number of benzene rings is 1. The molecular weight excluding hydrogens is 431 g/mol. The van der Waals surface area contributed by atoms with Crippen molar-refractivity contribution in [2.24, 2.45) is 18.0 Å². The number of ether oxygens (including phenoxy) is 1. The third kappa shape index (κ3) is 7.82. The molecule has 8 heteroatoms. The summed E-state index contributed by atoms with van der Waals surface area (Å²) in [6, 6.07) is 10.2. The van der Waals surface area contributed by atoms with E-state index in [4.69, 9.17) is 4.74 Å². The Bertz CT molecular complexity index is 631. The summed E-state index contributed by atoms with van der Waals surface area (Å²) in [5.74, 6) is 1.98. The van der Waals surface area contributed by atoms with Gasteiger partial charge in [-0.25, -0.2) is 0 Å². The average Bonchev–Trinajstić information content (AvgIpc) is 3.01. The van der Waals surface area contributed by atoms with Gasteiger partial charge >= 0.3 is 0 Å². The molecule has 0 saturated carbocycles. The first-order valence-electron chi connectivity index (χ1n) is 8.08. The minimum atomic E-state index is 0. The van der Waals surface area contributed by atoms with Crippen LogP contribution in [0.2, 0.25) is 0 Å². The van der Waals surface area contributed by atoms with Crippen molar-refractivity contribution in [3.05, 3.63) is 48.0 Å². The molecule has 0 spiro atoms. The maximum Gasteiger partial charge on any atom is 0.191 e. The zero-order valence-corrected chi connectivity index (χ0v) is 17.3. The van der Waals surface area contributed by atoms with Crippen LogP contribution in [0.1, 0.15) is 18.3 Å². The third-order valence-electron chi connectivity index (χ3n) is 3.57. The Hall–Kier alpha value is -1.68. The molecule has 1 atom stereocenters. The van der Waals surface area contributed by atoms with Gasteiger partial charge in [0, 0.05) is 20.6 Å². The molecule has 0 aliphatic carbocycles. The molecule has 0 bridgehead atoms. The number of aryl methyl sites for hydroxylation is 1. The van der Waals surface area contributed by atoms with Gasteiger partial charge in [-0.2, -0.15) is 0 Å². The predicted molar refractivity (Wildman–Crippen MR) is 110 cm³/mol. The second-order valence-electron chi connectivity index (χ2n) is 5.77. The molecule has 0 amide bonds. The van der Waals surface area contributed by atoms with E-state index < -0.39 is 0 Å². The van der Waals surface area contributed by atoms with Crippen LogP contribution in [0, 0.1) is 5.92 Å². The van der Waals surface area contributed by atoms with Crippen LogP contribution >= 0.6 is 24.0 Å². The fourth-order valence-corrected chi connectivity index (χ4v) is 2.13. The highest BCUT2D eigenvalue weighted by Gasteiger charge is 2.06. The smallest absolute Gasteiger partial charge is 0.191 e. The molecule has 0 aliphatic heterocycles. The Morgan fingerprint density at radius 2 is 2.04 bits per heavy atom. The van der Waals surface area contributed by atoms with Gasteiger partial charge in [0.2, 0.25) is 0 Å². The van der Waals surface area contributed by atoms with E-state index in [1.165, 1.54) is 5.56 Å². The summed E-state index contributed by atoms with van der Waals surface area (Å²) in [7, 11) is 3.67. The first-order chi connectivity index (χ1) is 11.7. The number of hydrogen-bond acceptors (Lipinski definition) is 4. The first kappa shape index (κ1) is 21.4. The molecule has 0 fully saturated rings. The lowest BCUT2D eigenvalue weighted by atomic mass is 10.2. The molecule has 138 valence electrons. The van der Waals surface area contributed by atoms with Gasteiger partial charge in [0.15, 0.2) is 11.8 Å². The molecule has 0 aliphatic rings. The Balaban J connectivity index is 0.00000312. The van der Waals surface area contributed by atoms with E-state index in [9.17, 15) is 0 Å². The molecular formula is C17H27IN6O. The number of rotatable bonds is 8. The normalized spacial score (nSPS) is 12.4. The van der Waals surface area contributed by atoms with Crippen LogP contribution in [-0.4, -0.2) is 40.9 Å². The first-order valence-corrected chi connectivity index (χ1v) is 8.08. The summed E-state index contributed by atoms with van der Waals surface area (Å²) in [5.41, 5.74) is 1.19. The zero-order valence-electron chi connectivity index (χ0n) is 15.0. The van der Waals surface area contributed by atoms with Crippen LogP contribution < -0.4 is 10.6 Å². The maximum absolute atomic E-state index is 5.76. The molecule has 1 heterocycles. The van der Waals surface area contributed by atoms with Crippen LogP contribution in [0.5, 0.6) is 0 Å². The largest absolute Gasteiger partial charge is 0.376 e. The van der Waals surface area contributed by atoms with Crippen molar-refractivity contribution < 1.29 is 4.74 Å². The predicted octanol–water partition coefficient (Wildman–Crippen LogP) is 1.95. The lowest BCUT2D eigenvalue weighted by Gasteiger charge is -2.16. The number of nitrogens with zero attached hydrogens (tertiary/aromatic N) is 4. The molecule has 25 heavy (non-hydrogen) atoms. The van der Waals surface area contributed by atoms with Crippen molar-refractivity contribution in [1.29, 1.82) is 0 Å². The fraction of sp³-hybridized carbons (Fsp3) is 0.471. The van der Waals surface area contributed by atoms with Crippen LogP contribution in [0.15, 0.2) is 41.7 Å². The maximum atomic E-state index is 5.76. The topological polar surface area (TPSA) is 76.4 Å². The molecule has 1 aromatic heterocycles. The summed E-state index contributed by atoms with van der Waals surface area (Å²) in [4.78, 5) is 4.21. The number of nitrogens with one attached hydrogen (secondary N) is 2. The molecule has 0 saturated heterocycles. The van der Waals surface area contributed by atoms with Crippen molar-refractivity contribution in [2.45, 2.75) is 20.1 Å². The molecule has 0 radical (unpaired) electrons. The molecule has 1 unspecified atom stereocenters. The highest BCUT2D eigenvalue weighted by atomic mass is 127. The number of guanidine groups is 1. The summed E-state index contributed by atoms with van der Waals surface area (Å²) in [6.07, 6.45) is 1.68. The summed E-state index contributed by atoms with van der Waals surface area (Å²) in [5, 5.41) is 14.4. The lowest BCUT2D eigenvalue weighted by Crippen LogP contribution is -2.40. The van der Waals surface area contributed by atoms with Gasteiger partial charge < -0.3 is 19.9 Å². The number of aliphatic imine (C=N–C) groups is 1. The van der Waals surface area contributed by atoms with Crippen molar-refractivity contribution in [3.63, 3.8) is 0 Å². The van der Waals surface area contributed by atoms with E-state index in [1.54, 1.807) is 13.4 Å². The zero-order chi connectivity index (χ0) is 17.2. The van der Waals surface area contributed by atoms with E-state index >= 15 is 0 Å². The molecule has 2 aromatic rings. The number of aromatic nitrogens is 3. The van der Waals surface area contributed by atoms with E-state index in [2.05, 4.69) is 44.9 Å². The van der Waals surface area contributed by atoms with Crippen molar-refractivity contribution in [2.75, 3.05) is 20.2 Å². The molecule has 2 rings (SSSR count). The van der Waals surface area contributed by atoms with Gasteiger partial charge in [0.1, 0.15) is 6.33 Å². The quantitative estimate of drug-likeness (QED) is 0.360. The van der Waals surface area contributed by atoms with Crippen LogP contribution in [-0.2, 0) is 24.9 Å². The van der Waals surface area contributed by atoms with Gasteiger partial charge in [-0.15, -0.1) is 34.2 Å². The minimum absolute atomic E-state index is 0. The second kappa shape index (κ2) is 11.8. The Labute approximate surface area is 166 Å². The highest BCUT2D eigenvalue weighted by molar-refractivity contribution is 14.0. The van der Waals surface area contributed by atoms with E-state index in [1.807, 2.05) is 29.8 Å². The number of halogens is 1. The lowest BCUT2D eigenvalue weighted by molar-refractivity contribution is 0.0931. The average molecular weight is 458 g/mol. The van der Waals surface area contributed by atoms with E-state index in [-0.39, 0.29) is 24.0 Å². The van der Waals surface area contributed by atoms with Crippen LogP contribution in [0.3, 0.4) is 0 Å². The Kier molecular flexibility index (Phi) is 10.1. The van der Waals surface area contributed by atoms with Gasteiger partial charge in [-0.3, -0.25) is 4.99 Å². The van der Waals surface area contributed by atoms with E-state index in [0.717, 1.165) is 18.3 Å². The Morgan fingerprint density at radius 1 is 1.28 bits per heavy atom. The number of hydrogen-bond donors (Lipinski definition) is 2. The third-order valence-corrected chi connectivity index (χ3v) is 3.57. The van der Waals surface area contributed by atoms with Gasteiger partial charge in [-0.05, 0) is 11.5 Å².